The van der Waals surface area contributed by atoms with Gasteiger partial charge in [0, 0.05) is 12.8 Å². The van der Waals surface area contributed by atoms with E-state index in [9.17, 15) is 19.2 Å². The molecule has 8 nitrogen and oxygen atoms in total. The van der Waals surface area contributed by atoms with E-state index in [0.717, 1.165) is 0 Å². The topological polar surface area (TPSA) is 96.0 Å². The smallest absolute Gasteiger partial charge is 0.341 e. The van der Waals surface area contributed by atoms with E-state index >= 15 is 0 Å². The summed E-state index contributed by atoms with van der Waals surface area (Å²) in [5, 5.41) is 2.71. The number of hydrogen-bond acceptors (Lipinski definition) is 6. The minimum absolute atomic E-state index is 0.0389. The molecule has 1 aliphatic heterocycles. The van der Waals surface area contributed by atoms with E-state index in [1.807, 2.05) is 0 Å². The van der Waals surface area contributed by atoms with Crippen LogP contribution in [0.2, 0.25) is 0 Å². The van der Waals surface area contributed by atoms with Crippen molar-refractivity contribution in [2.45, 2.75) is 45.7 Å². The molecule has 3 amide bonds. The van der Waals surface area contributed by atoms with Gasteiger partial charge in [0.1, 0.15) is 6.02 Å². The summed E-state index contributed by atoms with van der Waals surface area (Å²) in [5.41, 5.74) is 0. The second kappa shape index (κ2) is 7.35. The number of hydroxylamine groups is 2. The van der Waals surface area contributed by atoms with E-state index in [0.29, 0.717) is 5.06 Å². The highest BCUT2D eigenvalue weighted by Gasteiger charge is 2.36. The van der Waals surface area contributed by atoms with Crippen LogP contribution in [0.3, 0.4) is 0 Å². The summed E-state index contributed by atoms with van der Waals surface area (Å²) in [6.07, 6.45) is -0.0777. The van der Waals surface area contributed by atoms with Crippen LogP contribution in [0.5, 0.6) is 0 Å². The van der Waals surface area contributed by atoms with Crippen LogP contribution in [0.15, 0.2) is 0 Å². The predicted molar refractivity (Wildman–Crippen MR) is 77.1 cm³/mol. The van der Waals surface area contributed by atoms with E-state index in [-0.39, 0.29) is 12.8 Å². The molecule has 1 N–H and O–H groups in total. The van der Waals surface area contributed by atoms with E-state index in [2.05, 4.69) is 5.32 Å². The van der Waals surface area contributed by atoms with Crippen LogP contribution in [-0.4, -0.2) is 59.8 Å². The predicted octanol–water partition coefficient (Wildman–Crippen LogP) is -0.315. The van der Waals surface area contributed by atoms with Gasteiger partial charge in [0.25, 0.3) is 11.8 Å². The third-order valence-corrected chi connectivity index (χ3v) is 3.39. The molecule has 1 heterocycles. The number of nitrogens with one attached hydrogen (secondary N) is 1. The zero-order chi connectivity index (χ0) is 17.9. The van der Waals surface area contributed by atoms with Gasteiger partial charge >= 0.3 is 5.97 Å². The number of rotatable bonds is 6. The minimum atomic E-state index is -2.11. The van der Waals surface area contributed by atoms with Crippen molar-refractivity contribution in [1.29, 1.82) is 0 Å². The molecule has 1 saturated heterocycles. The quantitative estimate of drug-likeness (QED) is 0.312. The van der Waals surface area contributed by atoms with Gasteiger partial charge in [-0.1, -0.05) is 13.8 Å². The number of imide groups is 1. The molecule has 0 bridgehead atoms. The average molecular weight is 321 g/mol. The van der Waals surface area contributed by atoms with Crippen molar-refractivity contribution in [2.75, 3.05) is 14.1 Å². The maximum absolute atomic E-state index is 12.3. The molecule has 0 aromatic rings. The van der Waals surface area contributed by atoms with Crippen LogP contribution < -0.4 is 5.32 Å². The first-order chi connectivity index (χ1) is 10.5. The number of likely N-dealkylation sites (N-methyl/N-ethyl adjacent to an activating group) is 1. The molecule has 1 aliphatic rings. The van der Waals surface area contributed by atoms with Crippen LogP contribution in [0.1, 0.15) is 35.0 Å². The third-order valence-electron chi connectivity index (χ3n) is 3.39. The number of hydrogen-bond donors (Lipinski definition) is 1. The van der Waals surface area contributed by atoms with Gasteiger partial charge in [-0.05, 0) is 26.9 Å². The van der Waals surface area contributed by atoms with E-state index < -0.39 is 41.7 Å². The van der Waals surface area contributed by atoms with Gasteiger partial charge in [0.05, 0.1) is 7.41 Å². The summed E-state index contributed by atoms with van der Waals surface area (Å²) in [4.78, 5) is 53.9. The Morgan fingerprint density at radius 2 is 1.77 bits per heavy atom. The Bertz CT molecular complexity index is 507. The van der Waals surface area contributed by atoms with Crippen molar-refractivity contribution in [3.8, 4) is 0 Å². The molecule has 0 aromatic carbocycles. The first-order valence-electron chi connectivity index (χ1n) is 7.57. The fourth-order valence-corrected chi connectivity index (χ4v) is 1.69. The molecule has 0 spiro atoms. The normalized spacial score (nSPS) is 20.0. The number of carbonyl (C=O) groups excluding carboxylic acids is 4. The standard InChI is InChI=1S/C14H23N3O5/c1-8(2)12(15-13(20)9(3)16(4)5)14(21)22-17-10(18)6-7-11(17)19/h8-9,12H,6-7H2,1-5H3,(H,15,20)/i12D,13+1,15+1,16+1,20+2,21+2. The number of amides is 3. The van der Waals surface area contributed by atoms with Crippen LogP contribution >= 0.6 is 0 Å². The summed E-state index contributed by atoms with van der Waals surface area (Å²) in [5.74, 6) is -3.61. The van der Waals surface area contributed by atoms with Crippen LogP contribution in [-0.2, 0) is 24.0 Å². The number of carbonyl (C=O) groups is 4. The highest BCUT2D eigenvalue weighted by molar-refractivity contribution is 6.02. The Labute approximate surface area is 131 Å². The molecule has 1 fully saturated rings. The molecule has 1 rings (SSSR count). The summed E-state index contributed by atoms with van der Waals surface area (Å²) in [7, 11) is 3.37. The zero-order valence-corrected chi connectivity index (χ0v) is 13.5. The minimum Gasteiger partial charge on any atom is -0.341 e. The Kier molecular flexibility index (Phi) is 5.48. The van der Waals surface area contributed by atoms with Gasteiger partial charge < -0.3 is 10.2 Å². The van der Waals surface area contributed by atoms with Gasteiger partial charge in [-0.25, -0.2) is 4.79 Å². The third kappa shape index (κ3) is 4.27. The lowest BCUT2D eigenvalue weighted by atomic mass is 10.1. The molecule has 2 atom stereocenters. The first kappa shape index (κ1) is 16.4. The highest BCUT2D eigenvalue weighted by atomic mass is 18.1. The summed E-state index contributed by atoms with van der Waals surface area (Å²) in [6, 6.07) is -2.67. The van der Waals surface area contributed by atoms with Crippen molar-refractivity contribution in [3.63, 3.8) is 0 Å². The molecule has 0 saturated carbocycles. The molecule has 8 heteroatoms. The molecule has 0 radical (unpaired) electrons. The average Bonchev–Trinajstić information content (AvgIpc) is 2.77. The van der Waals surface area contributed by atoms with Crippen LogP contribution in [0.25, 0.3) is 0 Å². The maximum Gasteiger partial charge on any atom is 0.355 e. The first-order valence-corrected chi connectivity index (χ1v) is 7.07. The SMILES string of the molecule is [2H]C([15NH][13C](=[18O])C(C)[15N](C)C)(C(=[18O])ON1C(=O)CCC1=O)C(C)C. The lowest BCUT2D eigenvalue weighted by Crippen LogP contribution is -2.52. The van der Waals surface area contributed by atoms with E-state index in [1.165, 1.54) is 0 Å². The second-order valence-electron chi connectivity index (χ2n) is 5.66. The van der Waals surface area contributed by atoms with Crippen molar-refractivity contribution in [2.24, 2.45) is 5.92 Å². The summed E-state index contributed by atoms with van der Waals surface area (Å²) >= 11 is 0. The largest absolute Gasteiger partial charge is 0.355 e. The van der Waals surface area contributed by atoms with Gasteiger partial charge in [0.2, 0.25) is 5.91 Å². The second-order valence-corrected chi connectivity index (χ2v) is 5.66. The lowest BCUT2D eigenvalue weighted by Gasteiger charge is -2.26. The summed E-state index contributed by atoms with van der Waals surface area (Å²) in [6.45, 7) is 4.74. The Balaban J connectivity index is 2.91. The molecular formula is C14H23N3O5. The van der Waals surface area contributed by atoms with Crippen molar-refractivity contribution < 1.29 is 25.4 Å². The Hall–Kier alpha value is -1.96. The maximum atomic E-state index is 12.3. The van der Waals surface area contributed by atoms with E-state index in [1.54, 1.807) is 39.8 Å². The highest BCUT2D eigenvalue weighted by Crippen LogP contribution is 2.14. The fraction of sp³-hybridized carbons (Fsp3) is 0.714. The van der Waals surface area contributed by atoms with Gasteiger partial charge in [-0.3, -0.25) is 19.3 Å². The monoisotopic (exact) mass is 321 g/mol. The van der Waals surface area contributed by atoms with Gasteiger partial charge in [-0.15, -0.1) is 5.06 Å². The Morgan fingerprint density at radius 3 is 2.18 bits per heavy atom. The molecule has 124 valence electrons. The molecule has 0 aliphatic carbocycles. The number of nitrogens with zero attached hydrogens (tertiary/aromatic N) is 2. The Morgan fingerprint density at radius 1 is 1.27 bits per heavy atom. The molecule has 0 aromatic heterocycles. The van der Waals surface area contributed by atoms with Crippen molar-refractivity contribution in [1.82, 2.24) is 15.3 Å². The van der Waals surface area contributed by atoms with Crippen LogP contribution in [0, 0.1) is 5.92 Å². The van der Waals surface area contributed by atoms with Crippen molar-refractivity contribution in [3.05, 3.63) is 0 Å². The van der Waals surface area contributed by atoms with Gasteiger partial charge in [0.15, 0.2) is 0 Å². The molecular weight excluding hydrogens is 297 g/mol. The van der Waals surface area contributed by atoms with Gasteiger partial charge in [-0.2, -0.15) is 0 Å². The zero-order valence-electron chi connectivity index (χ0n) is 14.5. The van der Waals surface area contributed by atoms with E-state index in [4.69, 9.17) is 6.21 Å². The fourth-order valence-electron chi connectivity index (χ4n) is 1.69. The van der Waals surface area contributed by atoms with Crippen molar-refractivity contribution >= 4 is 23.7 Å². The van der Waals surface area contributed by atoms with Crippen LogP contribution in [0.4, 0.5) is 0 Å². The molecule has 2 unspecified atom stereocenters. The lowest BCUT2D eigenvalue weighted by molar-refractivity contribution is -0.199. The summed E-state index contributed by atoms with van der Waals surface area (Å²) < 4.78 is 8.27. The molecule has 22 heavy (non-hydrogen) atoms.